The number of carbonyl (C=O) groups excluding carboxylic acids is 1. The lowest BCUT2D eigenvalue weighted by molar-refractivity contribution is -0.116. The maximum atomic E-state index is 13.2. The van der Waals surface area contributed by atoms with E-state index in [0.717, 1.165) is 74.1 Å². The minimum absolute atomic E-state index is 0.0538. The first-order valence-electron chi connectivity index (χ1n) is 12.1. The monoisotopic (exact) mass is 431 g/mol. The number of nitrogens with one attached hydrogen (secondary N) is 1. The van der Waals surface area contributed by atoms with Crippen LogP contribution in [0.2, 0.25) is 0 Å². The van der Waals surface area contributed by atoms with E-state index in [1.165, 1.54) is 37.1 Å². The van der Waals surface area contributed by atoms with Gasteiger partial charge in [-0.05, 0) is 92.4 Å². The van der Waals surface area contributed by atoms with Crippen molar-refractivity contribution in [1.29, 1.82) is 0 Å². The summed E-state index contributed by atoms with van der Waals surface area (Å²) in [6, 6.07) is 9.06. The summed E-state index contributed by atoms with van der Waals surface area (Å²) in [4.78, 5) is 20.3. The Morgan fingerprint density at radius 1 is 1.06 bits per heavy atom. The van der Waals surface area contributed by atoms with E-state index in [-0.39, 0.29) is 11.9 Å². The van der Waals surface area contributed by atoms with Crippen LogP contribution in [0.3, 0.4) is 0 Å². The van der Waals surface area contributed by atoms with Gasteiger partial charge >= 0.3 is 0 Å². The minimum atomic E-state index is 0.0538. The van der Waals surface area contributed by atoms with Gasteiger partial charge in [-0.25, -0.2) is 0 Å². The molecule has 1 amide bonds. The Kier molecular flexibility index (Phi) is 6.65. The number of fused-ring (bicyclic) bond motifs is 1. The lowest BCUT2D eigenvalue weighted by Gasteiger charge is -2.24. The number of hydrogen-bond donors (Lipinski definition) is 1. The van der Waals surface area contributed by atoms with E-state index in [0.29, 0.717) is 0 Å². The molecule has 1 aromatic carbocycles. The first kappa shape index (κ1) is 21.4. The van der Waals surface area contributed by atoms with Gasteiger partial charge in [0.25, 0.3) is 5.91 Å². The highest BCUT2D eigenvalue weighted by Gasteiger charge is 2.22. The van der Waals surface area contributed by atoms with E-state index in [4.69, 9.17) is 4.74 Å². The molecular weight excluding hydrogens is 398 g/mol. The van der Waals surface area contributed by atoms with Crippen molar-refractivity contribution in [3.8, 4) is 11.1 Å². The molecule has 0 radical (unpaired) electrons. The number of carbonyl (C=O) groups is 1. The second-order valence-electron chi connectivity index (χ2n) is 9.31. The van der Waals surface area contributed by atoms with E-state index < -0.39 is 0 Å². The summed E-state index contributed by atoms with van der Waals surface area (Å²) in [6.45, 7) is 4.78. The van der Waals surface area contributed by atoms with E-state index in [9.17, 15) is 4.79 Å². The van der Waals surface area contributed by atoms with Gasteiger partial charge in [0.1, 0.15) is 0 Å². The van der Waals surface area contributed by atoms with Crippen molar-refractivity contribution in [2.75, 3.05) is 26.3 Å². The van der Waals surface area contributed by atoms with Crippen molar-refractivity contribution in [3.05, 3.63) is 59.4 Å². The summed E-state index contributed by atoms with van der Waals surface area (Å²) in [7, 11) is 0. The van der Waals surface area contributed by atoms with E-state index in [2.05, 4.69) is 45.5 Å². The Bertz CT molecular complexity index is 988. The number of likely N-dealkylation sites (tertiary alicyclic amines) is 1. The average Bonchev–Trinajstić information content (AvgIpc) is 3.23. The van der Waals surface area contributed by atoms with Crippen LogP contribution < -0.4 is 5.32 Å². The highest BCUT2D eigenvalue weighted by molar-refractivity contribution is 6.20. The van der Waals surface area contributed by atoms with Crippen LogP contribution in [-0.4, -0.2) is 48.1 Å². The zero-order valence-corrected chi connectivity index (χ0v) is 18.8. The number of hydrogen-bond acceptors (Lipinski definition) is 4. The van der Waals surface area contributed by atoms with Crippen LogP contribution in [-0.2, 0) is 22.5 Å². The molecular formula is C27H33N3O2. The number of rotatable bonds is 5. The van der Waals surface area contributed by atoms with Gasteiger partial charge in [-0.1, -0.05) is 18.2 Å². The Morgan fingerprint density at radius 2 is 1.91 bits per heavy atom. The molecule has 2 aliphatic heterocycles. The number of allylic oxidation sites excluding steroid dienone is 1. The molecule has 5 rings (SSSR count). The third-order valence-electron chi connectivity index (χ3n) is 6.93. The maximum absolute atomic E-state index is 13.2. The van der Waals surface area contributed by atoms with Crippen molar-refractivity contribution in [1.82, 2.24) is 15.2 Å². The molecule has 0 saturated carbocycles. The molecule has 0 spiro atoms. The maximum Gasteiger partial charge on any atom is 0.251 e. The second kappa shape index (κ2) is 9.97. The number of aryl methyl sites for hydroxylation is 1. The van der Waals surface area contributed by atoms with Gasteiger partial charge in [0.05, 0.1) is 0 Å². The third-order valence-corrected chi connectivity index (χ3v) is 6.93. The lowest BCUT2D eigenvalue weighted by Crippen LogP contribution is -2.39. The molecule has 2 saturated heterocycles. The molecule has 0 bridgehead atoms. The number of aromatic nitrogens is 1. The molecule has 168 valence electrons. The summed E-state index contributed by atoms with van der Waals surface area (Å²) < 4.78 is 5.44. The number of amides is 1. The lowest BCUT2D eigenvalue weighted by atomic mass is 9.93. The summed E-state index contributed by atoms with van der Waals surface area (Å²) >= 11 is 0. The van der Waals surface area contributed by atoms with E-state index >= 15 is 0 Å². The number of pyridine rings is 1. The van der Waals surface area contributed by atoms with Crippen LogP contribution in [0.5, 0.6) is 0 Å². The molecule has 32 heavy (non-hydrogen) atoms. The van der Waals surface area contributed by atoms with Gasteiger partial charge < -0.3 is 10.1 Å². The van der Waals surface area contributed by atoms with Gasteiger partial charge in [-0.2, -0.15) is 0 Å². The minimum Gasteiger partial charge on any atom is -0.381 e. The van der Waals surface area contributed by atoms with Crippen LogP contribution >= 0.6 is 0 Å². The van der Waals surface area contributed by atoms with Crippen molar-refractivity contribution in [2.45, 2.75) is 57.5 Å². The Morgan fingerprint density at radius 3 is 2.75 bits per heavy atom. The molecule has 0 atom stereocenters. The first-order valence-corrected chi connectivity index (χ1v) is 12.1. The van der Waals surface area contributed by atoms with Crippen molar-refractivity contribution in [2.24, 2.45) is 0 Å². The second-order valence-corrected chi connectivity index (χ2v) is 9.31. The Labute approximate surface area is 190 Å². The fraction of sp³-hybridized carbons (Fsp3) is 0.481. The predicted molar refractivity (Wildman–Crippen MR) is 127 cm³/mol. The smallest absolute Gasteiger partial charge is 0.251 e. The van der Waals surface area contributed by atoms with Crippen molar-refractivity contribution >= 4 is 11.5 Å². The number of ether oxygens (including phenoxy) is 1. The van der Waals surface area contributed by atoms with Crippen LogP contribution in [0.4, 0.5) is 0 Å². The number of nitrogens with zero attached hydrogens (tertiary/aromatic N) is 2. The zero-order chi connectivity index (χ0) is 21.8. The van der Waals surface area contributed by atoms with Gasteiger partial charge in [0.15, 0.2) is 0 Å². The molecule has 1 aromatic heterocycles. The first-order chi connectivity index (χ1) is 15.8. The van der Waals surface area contributed by atoms with Crippen molar-refractivity contribution in [3.63, 3.8) is 0 Å². The SMILES string of the molecule is O=C(NC1CCOCC1)C1=CCCCc2ccc(-c3cncc(CN4CCCC4)c3)cc21. The summed E-state index contributed by atoms with van der Waals surface area (Å²) in [5, 5.41) is 3.26. The van der Waals surface area contributed by atoms with Gasteiger partial charge in [0, 0.05) is 49.3 Å². The highest BCUT2D eigenvalue weighted by Crippen LogP contribution is 2.31. The quantitative estimate of drug-likeness (QED) is 0.764. The van der Waals surface area contributed by atoms with Crippen LogP contribution in [0.1, 0.15) is 55.2 Å². The summed E-state index contributed by atoms with van der Waals surface area (Å²) in [6.07, 6.45) is 13.4. The largest absolute Gasteiger partial charge is 0.381 e. The van der Waals surface area contributed by atoms with E-state index in [1.54, 1.807) is 0 Å². The molecule has 1 N–H and O–H groups in total. The molecule has 5 heteroatoms. The van der Waals surface area contributed by atoms with Crippen molar-refractivity contribution < 1.29 is 9.53 Å². The van der Waals surface area contributed by atoms with Gasteiger partial charge in [-0.15, -0.1) is 0 Å². The highest BCUT2D eigenvalue weighted by atomic mass is 16.5. The normalized spacial score (nSPS) is 19.8. The molecule has 2 fully saturated rings. The average molecular weight is 432 g/mol. The standard InChI is InChI=1S/C27H33N3O2/c31-27(29-24-9-13-32-14-10-24)25-6-2-1-5-21-7-8-22(16-26(21)25)23-15-20(17-28-18-23)19-30-11-3-4-12-30/h6-8,15-18,24H,1-5,9-14,19H2,(H,29,31). The summed E-state index contributed by atoms with van der Waals surface area (Å²) in [5.74, 6) is 0.0538. The Hall–Kier alpha value is -2.50. The molecule has 0 unspecified atom stereocenters. The van der Waals surface area contributed by atoms with Crippen LogP contribution in [0.15, 0.2) is 42.7 Å². The fourth-order valence-corrected chi connectivity index (χ4v) is 5.12. The van der Waals surface area contributed by atoms with Gasteiger partial charge in [-0.3, -0.25) is 14.7 Å². The topological polar surface area (TPSA) is 54.5 Å². The van der Waals surface area contributed by atoms with E-state index in [1.807, 2.05) is 12.4 Å². The van der Waals surface area contributed by atoms with Gasteiger partial charge in [0.2, 0.25) is 0 Å². The molecule has 3 aliphatic rings. The number of benzene rings is 1. The molecule has 1 aliphatic carbocycles. The van der Waals surface area contributed by atoms with Crippen LogP contribution in [0.25, 0.3) is 16.7 Å². The predicted octanol–water partition coefficient (Wildman–Crippen LogP) is 4.36. The third kappa shape index (κ3) is 4.94. The Balaban J connectivity index is 1.40. The zero-order valence-electron chi connectivity index (χ0n) is 18.8. The molecule has 2 aromatic rings. The molecule has 5 nitrogen and oxygen atoms in total. The van der Waals surface area contributed by atoms with Crippen LogP contribution in [0, 0.1) is 0 Å². The summed E-state index contributed by atoms with van der Waals surface area (Å²) in [5.41, 5.74) is 6.68. The molecule has 3 heterocycles. The fourth-order valence-electron chi connectivity index (χ4n) is 5.12.